The van der Waals surface area contributed by atoms with Crippen molar-refractivity contribution in [3.8, 4) is 89.7 Å². The van der Waals surface area contributed by atoms with Crippen molar-refractivity contribution in [3.05, 3.63) is 237 Å². The van der Waals surface area contributed by atoms with Crippen LogP contribution < -0.4 is 0 Å². The summed E-state index contributed by atoms with van der Waals surface area (Å²) in [5, 5.41) is 3.51. The first kappa shape index (κ1) is 36.8. The van der Waals surface area contributed by atoms with Crippen LogP contribution in [0.5, 0.6) is 0 Å². The minimum atomic E-state index is 0.680. The fraction of sp³-hybridized carbons (Fsp3) is 0. The summed E-state index contributed by atoms with van der Waals surface area (Å²) in [6.07, 6.45) is 0. The SMILES string of the molecule is c1ccc(-c2cccc(-c3cc(-c4ccc(-c5cc6nc(-c7ccccc7)cc(-c7ccccc7)c6c6ccccc56)cc4)nc(-c4cccc(-c5ccccc5)c4)n3)c2)cc1. The smallest absolute Gasteiger partial charge is 0.160 e. The van der Waals surface area contributed by atoms with Crippen LogP contribution in [0.3, 0.4) is 0 Å². The highest BCUT2D eigenvalue weighted by Crippen LogP contribution is 2.41. The number of aromatic nitrogens is 3. The number of nitrogens with zero attached hydrogens (tertiary/aromatic N) is 3. The molecular weight excluding hydrogens is 751 g/mol. The molecule has 2 aromatic heterocycles. The Morgan fingerprint density at radius 3 is 1.27 bits per heavy atom. The van der Waals surface area contributed by atoms with E-state index in [4.69, 9.17) is 15.0 Å². The van der Waals surface area contributed by atoms with E-state index in [1.807, 2.05) is 18.2 Å². The quantitative estimate of drug-likeness (QED) is 0.144. The molecule has 0 amide bonds. The summed E-state index contributed by atoms with van der Waals surface area (Å²) in [5.41, 5.74) is 16.9. The number of fused-ring (bicyclic) bond motifs is 3. The molecule has 0 unspecified atom stereocenters. The number of hydrogen-bond acceptors (Lipinski definition) is 3. The Bertz CT molecular complexity index is 3260. The molecule has 9 aromatic carbocycles. The molecule has 11 aromatic rings. The van der Waals surface area contributed by atoms with E-state index in [2.05, 4.69) is 218 Å². The molecule has 0 fully saturated rings. The molecule has 2 heterocycles. The summed E-state index contributed by atoms with van der Waals surface area (Å²) in [7, 11) is 0. The van der Waals surface area contributed by atoms with E-state index in [9.17, 15) is 0 Å². The molecule has 0 N–H and O–H groups in total. The van der Waals surface area contributed by atoms with Gasteiger partial charge in [0, 0.05) is 27.6 Å². The molecule has 0 aliphatic rings. The van der Waals surface area contributed by atoms with E-state index >= 15 is 0 Å². The van der Waals surface area contributed by atoms with Gasteiger partial charge in [-0.2, -0.15) is 0 Å². The summed E-state index contributed by atoms with van der Waals surface area (Å²) in [4.78, 5) is 15.8. The second kappa shape index (κ2) is 16.1. The van der Waals surface area contributed by atoms with Crippen LogP contribution in [0.4, 0.5) is 0 Å². The van der Waals surface area contributed by atoms with Crippen LogP contribution in [0.15, 0.2) is 237 Å². The standard InChI is InChI=1S/C59H39N3/c1-5-17-40(18-6-1)46-25-15-27-48(35-46)56-39-55(61-59(62-56)49-28-16-26-47(36-49)41-19-7-2-8-20-41)45-33-31-43(32-34-45)52-37-57-58(51-30-14-13-29-50(51)52)53(42-21-9-3-10-22-42)38-54(60-57)44-23-11-4-12-24-44/h1-39H. The fourth-order valence-corrected chi connectivity index (χ4v) is 8.59. The second-order valence-corrected chi connectivity index (χ2v) is 15.6. The van der Waals surface area contributed by atoms with Crippen molar-refractivity contribution in [2.45, 2.75) is 0 Å². The van der Waals surface area contributed by atoms with E-state index < -0.39 is 0 Å². The molecule has 0 spiro atoms. The monoisotopic (exact) mass is 789 g/mol. The summed E-state index contributed by atoms with van der Waals surface area (Å²) in [6.45, 7) is 0. The Morgan fingerprint density at radius 2 is 0.645 bits per heavy atom. The lowest BCUT2D eigenvalue weighted by atomic mass is 9.90. The van der Waals surface area contributed by atoms with Gasteiger partial charge in [0.15, 0.2) is 5.82 Å². The van der Waals surface area contributed by atoms with Gasteiger partial charge in [-0.25, -0.2) is 15.0 Å². The Hall–Kier alpha value is -8.27. The fourth-order valence-electron chi connectivity index (χ4n) is 8.59. The van der Waals surface area contributed by atoms with Gasteiger partial charge in [0.05, 0.1) is 22.6 Å². The Labute approximate surface area is 361 Å². The van der Waals surface area contributed by atoms with Crippen molar-refractivity contribution in [3.63, 3.8) is 0 Å². The molecule has 0 bridgehead atoms. The average Bonchev–Trinajstić information content (AvgIpc) is 3.37. The molecule has 62 heavy (non-hydrogen) atoms. The van der Waals surface area contributed by atoms with E-state index in [0.29, 0.717) is 5.82 Å². The van der Waals surface area contributed by atoms with Crippen molar-refractivity contribution >= 4 is 21.7 Å². The third-order valence-electron chi connectivity index (χ3n) is 11.7. The largest absolute Gasteiger partial charge is 0.248 e. The maximum absolute atomic E-state index is 5.34. The van der Waals surface area contributed by atoms with E-state index in [1.165, 1.54) is 27.5 Å². The van der Waals surface area contributed by atoms with Crippen LogP contribution in [0.1, 0.15) is 0 Å². The first-order valence-corrected chi connectivity index (χ1v) is 21.0. The van der Waals surface area contributed by atoms with Gasteiger partial charge in [0.2, 0.25) is 0 Å². The van der Waals surface area contributed by atoms with Gasteiger partial charge in [-0.1, -0.05) is 206 Å². The zero-order valence-electron chi connectivity index (χ0n) is 33.9. The molecule has 0 radical (unpaired) electrons. The predicted octanol–water partition coefficient (Wildman–Crippen LogP) is 15.5. The lowest BCUT2D eigenvalue weighted by Crippen LogP contribution is -1.96. The molecule has 0 aliphatic carbocycles. The lowest BCUT2D eigenvalue weighted by molar-refractivity contribution is 1.18. The van der Waals surface area contributed by atoms with Crippen LogP contribution in [-0.4, -0.2) is 15.0 Å². The number of rotatable bonds is 8. The average molecular weight is 790 g/mol. The van der Waals surface area contributed by atoms with E-state index in [-0.39, 0.29) is 0 Å². The van der Waals surface area contributed by atoms with Crippen LogP contribution in [0, 0.1) is 0 Å². The molecular formula is C59H39N3. The maximum Gasteiger partial charge on any atom is 0.160 e. The lowest BCUT2D eigenvalue weighted by Gasteiger charge is -2.16. The van der Waals surface area contributed by atoms with Crippen LogP contribution in [0.25, 0.3) is 111 Å². The molecule has 0 atom stereocenters. The summed E-state index contributed by atoms with van der Waals surface area (Å²) in [6, 6.07) is 83.4. The normalized spacial score (nSPS) is 11.2. The zero-order valence-corrected chi connectivity index (χ0v) is 33.9. The van der Waals surface area contributed by atoms with Gasteiger partial charge >= 0.3 is 0 Å². The maximum atomic E-state index is 5.34. The summed E-state index contributed by atoms with van der Waals surface area (Å²) >= 11 is 0. The van der Waals surface area contributed by atoms with E-state index in [1.54, 1.807) is 0 Å². The van der Waals surface area contributed by atoms with Gasteiger partial charge in [0.1, 0.15) is 0 Å². The first-order valence-electron chi connectivity index (χ1n) is 21.0. The minimum Gasteiger partial charge on any atom is -0.248 e. The van der Waals surface area contributed by atoms with Crippen molar-refractivity contribution in [1.29, 1.82) is 0 Å². The predicted molar refractivity (Wildman–Crippen MR) is 258 cm³/mol. The molecule has 290 valence electrons. The van der Waals surface area contributed by atoms with Gasteiger partial charge in [-0.3, -0.25) is 0 Å². The molecule has 3 nitrogen and oxygen atoms in total. The number of hydrogen-bond donors (Lipinski definition) is 0. The zero-order chi connectivity index (χ0) is 41.2. The van der Waals surface area contributed by atoms with Gasteiger partial charge in [-0.05, 0) is 85.6 Å². The van der Waals surface area contributed by atoms with Gasteiger partial charge < -0.3 is 0 Å². The van der Waals surface area contributed by atoms with Crippen molar-refractivity contribution < 1.29 is 0 Å². The van der Waals surface area contributed by atoms with Crippen molar-refractivity contribution in [2.75, 3.05) is 0 Å². The Morgan fingerprint density at radius 1 is 0.226 bits per heavy atom. The highest BCUT2D eigenvalue weighted by Gasteiger charge is 2.17. The molecule has 0 saturated carbocycles. The van der Waals surface area contributed by atoms with Crippen LogP contribution in [0.2, 0.25) is 0 Å². The van der Waals surface area contributed by atoms with Crippen molar-refractivity contribution in [2.24, 2.45) is 0 Å². The Balaban J connectivity index is 1.05. The highest BCUT2D eigenvalue weighted by molar-refractivity contribution is 6.18. The first-order chi connectivity index (χ1) is 30.7. The number of benzene rings is 9. The topological polar surface area (TPSA) is 38.7 Å². The molecule has 3 heteroatoms. The third kappa shape index (κ3) is 7.12. The highest BCUT2D eigenvalue weighted by atomic mass is 14.9. The second-order valence-electron chi connectivity index (χ2n) is 15.6. The van der Waals surface area contributed by atoms with Crippen LogP contribution >= 0.6 is 0 Å². The molecule has 11 rings (SSSR count). The van der Waals surface area contributed by atoms with E-state index in [0.717, 1.165) is 78.1 Å². The summed E-state index contributed by atoms with van der Waals surface area (Å²) < 4.78 is 0. The number of pyridine rings is 1. The third-order valence-corrected chi connectivity index (χ3v) is 11.7. The van der Waals surface area contributed by atoms with Gasteiger partial charge in [-0.15, -0.1) is 0 Å². The summed E-state index contributed by atoms with van der Waals surface area (Å²) in [5.74, 6) is 0.680. The van der Waals surface area contributed by atoms with Gasteiger partial charge in [0.25, 0.3) is 0 Å². The van der Waals surface area contributed by atoms with Crippen LogP contribution in [-0.2, 0) is 0 Å². The minimum absolute atomic E-state index is 0.680. The van der Waals surface area contributed by atoms with Crippen molar-refractivity contribution in [1.82, 2.24) is 15.0 Å². The molecule has 0 saturated heterocycles. The molecule has 0 aliphatic heterocycles. The Kier molecular flexibility index (Phi) is 9.53.